The Balaban J connectivity index is 1.72. The average Bonchev–Trinajstić information content (AvgIpc) is 3.15. The van der Waals surface area contributed by atoms with Gasteiger partial charge in [-0.05, 0) is 87.4 Å². The summed E-state index contributed by atoms with van der Waals surface area (Å²) in [5.74, 6) is 0.874. The lowest BCUT2D eigenvalue weighted by Gasteiger charge is -2.48. The lowest BCUT2D eigenvalue weighted by Crippen LogP contribution is -2.56. The molecule has 4 aliphatic rings. The van der Waals surface area contributed by atoms with Crippen molar-refractivity contribution in [3.63, 3.8) is 0 Å². The second-order valence-corrected chi connectivity index (χ2v) is 10.2. The minimum Gasteiger partial charge on any atom is -0.459 e. The Labute approximate surface area is 147 Å². The van der Waals surface area contributed by atoms with Crippen molar-refractivity contribution < 1.29 is 22.7 Å². The van der Waals surface area contributed by atoms with Gasteiger partial charge in [-0.25, -0.2) is 0 Å². The van der Waals surface area contributed by atoms with E-state index in [-0.39, 0.29) is 18.3 Å². The van der Waals surface area contributed by atoms with Crippen LogP contribution >= 0.6 is 0 Å². The summed E-state index contributed by atoms with van der Waals surface area (Å²) in [6, 6.07) is 0. The van der Waals surface area contributed by atoms with Gasteiger partial charge in [-0.2, -0.15) is 13.2 Å². The Morgan fingerprint density at radius 3 is 2.08 bits per heavy atom. The maximum atomic E-state index is 14.3. The lowest BCUT2D eigenvalue weighted by atomic mass is 9.57. The normalized spacial score (nSPS) is 51.0. The third-order valence-corrected chi connectivity index (χ3v) is 8.21. The van der Waals surface area contributed by atoms with Crippen molar-refractivity contribution in [1.82, 2.24) is 0 Å². The van der Waals surface area contributed by atoms with Crippen LogP contribution in [0.1, 0.15) is 53.9 Å². The van der Waals surface area contributed by atoms with Gasteiger partial charge < -0.3 is 4.74 Å². The summed E-state index contributed by atoms with van der Waals surface area (Å²) < 4.78 is 48.1. The summed E-state index contributed by atoms with van der Waals surface area (Å²) in [6.07, 6.45) is -2.97. The minimum absolute atomic E-state index is 0.0362. The van der Waals surface area contributed by atoms with Crippen LogP contribution in [0.4, 0.5) is 13.2 Å². The molecule has 5 heteroatoms. The predicted octanol–water partition coefficient (Wildman–Crippen LogP) is 5.07. The Morgan fingerprint density at radius 2 is 1.56 bits per heavy atom. The zero-order chi connectivity index (χ0) is 18.5. The molecule has 25 heavy (non-hydrogen) atoms. The summed E-state index contributed by atoms with van der Waals surface area (Å²) in [5.41, 5.74) is -3.17. The van der Waals surface area contributed by atoms with Crippen molar-refractivity contribution in [2.24, 2.45) is 52.8 Å². The van der Waals surface area contributed by atoms with Gasteiger partial charge in [0, 0.05) is 0 Å². The Hall–Kier alpha value is -0.740. The molecule has 0 aromatic heterocycles. The van der Waals surface area contributed by atoms with Crippen LogP contribution in [0.2, 0.25) is 0 Å². The molecule has 0 spiro atoms. The molecule has 0 aliphatic heterocycles. The molecular formula is C20H29F3O2. The van der Waals surface area contributed by atoms with E-state index in [9.17, 15) is 18.0 Å². The van der Waals surface area contributed by atoms with Crippen molar-refractivity contribution >= 4 is 5.97 Å². The number of rotatable bonds is 1. The number of esters is 1. The maximum absolute atomic E-state index is 14.3. The standard InChI is InChI=1S/C20H29F3O2/c1-9-10(2)13-7-12(9)15-11-6-14(16(13)15)19(8-11,20(21,22)23)17(24)25-18(3,4)5/h9-16H,6-8H2,1-5H3. The molecule has 4 rings (SSSR count). The average molecular weight is 358 g/mol. The second kappa shape index (κ2) is 4.95. The largest absolute Gasteiger partial charge is 0.459 e. The van der Waals surface area contributed by atoms with Crippen LogP contribution in [-0.4, -0.2) is 17.7 Å². The fourth-order valence-corrected chi connectivity index (χ4v) is 7.34. The van der Waals surface area contributed by atoms with E-state index < -0.39 is 29.1 Å². The van der Waals surface area contributed by atoms with Gasteiger partial charge in [-0.15, -0.1) is 0 Å². The van der Waals surface area contributed by atoms with Crippen LogP contribution < -0.4 is 0 Å². The van der Waals surface area contributed by atoms with Gasteiger partial charge in [0.15, 0.2) is 5.41 Å². The fraction of sp³-hybridized carbons (Fsp3) is 0.950. The van der Waals surface area contributed by atoms with E-state index in [0.717, 1.165) is 6.42 Å². The third-order valence-electron chi connectivity index (χ3n) is 8.21. The summed E-state index contributed by atoms with van der Waals surface area (Å²) >= 11 is 0. The molecule has 0 heterocycles. The van der Waals surface area contributed by atoms with Gasteiger partial charge in [0.2, 0.25) is 0 Å². The number of carbonyl (C=O) groups is 1. The Morgan fingerprint density at radius 1 is 1.00 bits per heavy atom. The van der Waals surface area contributed by atoms with Gasteiger partial charge in [0.1, 0.15) is 5.60 Å². The third kappa shape index (κ3) is 2.13. The van der Waals surface area contributed by atoms with Crippen molar-refractivity contribution in [2.45, 2.75) is 65.7 Å². The summed E-state index contributed by atoms with van der Waals surface area (Å²) in [4.78, 5) is 12.8. The highest BCUT2D eigenvalue weighted by atomic mass is 19.4. The molecule has 4 saturated carbocycles. The molecule has 9 atom stereocenters. The van der Waals surface area contributed by atoms with Crippen molar-refractivity contribution in [1.29, 1.82) is 0 Å². The highest BCUT2D eigenvalue weighted by Gasteiger charge is 2.78. The van der Waals surface area contributed by atoms with Crippen molar-refractivity contribution in [2.75, 3.05) is 0 Å². The van der Waals surface area contributed by atoms with Gasteiger partial charge in [0.25, 0.3) is 0 Å². The first-order valence-electron chi connectivity index (χ1n) is 9.68. The zero-order valence-electron chi connectivity index (χ0n) is 15.7. The molecule has 0 aromatic rings. The van der Waals surface area contributed by atoms with Gasteiger partial charge >= 0.3 is 12.1 Å². The summed E-state index contributed by atoms with van der Waals surface area (Å²) in [6.45, 7) is 9.40. The van der Waals surface area contributed by atoms with Crippen LogP contribution in [0.25, 0.3) is 0 Å². The number of ether oxygens (including phenoxy) is 1. The van der Waals surface area contributed by atoms with Crippen molar-refractivity contribution in [3.05, 3.63) is 0 Å². The first-order chi connectivity index (χ1) is 11.4. The van der Waals surface area contributed by atoms with Crippen LogP contribution in [0, 0.1) is 52.8 Å². The molecular weight excluding hydrogens is 329 g/mol. The molecule has 4 aliphatic carbocycles. The SMILES string of the molecule is CC1C(C)C2CC1C1C3CC(C21)C(C(=O)OC(C)(C)C)(C(F)(F)F)C3. The fourth-order valence-electron chi connectivity index (χ4n) is 7.34. The first-order valence-corrected chi connectivity index (χ1v) is 9.68. The summed E-state index contributed by atoms with van der Waals surface area (Å²) in [5, 5.41) is 0. The Kier molecular flexibility index (Phi) is 3.50. The minimum atomic E-state index is -4.53. The van der Waals surface area contributed by atoms with Gasteiger partial charge in [-0.1, -0.05) is 13.8 Å². The number of alkyl halides is 3. The molecule has 2 nitrogen and oxygen atoms in total. The second-order valence-electron chi connectivity index (χ2n) is 10.2. The topological polar surface area (TPSA) is 26.3 Å². The van der Waals surface area contributed by atoms with Gasteiger partial charge in [-0.3, -0.25) is 4.79 Å². The van der Waals surface area contributed by atoms with Gasteiger partial charge in [0.05, 0.1) is 0 Å². The van der Waals surface area contributed by atoms with E-state index in [0.29, 0.717) is 36.0 Å². The molecule has 0 saturated heterocycles. The highest BCUT2D eigenvalue weighted by molar-refractivity contribution is 5.79. The molecule has 0 radical (unpaired) electrons. The van der Waals surface area contributed by atoms with E-state index in [1.807, 2.05) is 0 Å². The van der Waals surface area contributed by atoms with E-state index in [2.05, 4.69) is 13.8 Å². The number of hydrogen-bond donors (Lipinski definition) is 0. The van der Waals surface area contributed by atoms with E-state index in [1.165, 1.54) is 0 Å². The van der Waals surface area contributed by atoms with E-state index >= 15 is 0 Å². The van der Waals surface area contributed by atoms with Crippen molar-refractivity contribution in [3.8, 4) is 0 Å². The van der Waals surface area contributed by atoms with Crippen LogP contribution in [-0.2, 0) is 9.53 Å². The molecule has 0 aromatic carbocycles. The van der Waals surface area contributed by atoms with Crippen LogP contribution in [0.15, 0.2) is 0 Å². The number of fused-ring (bicyclic) bond motifs is 9. The monoisotopic (exact) mass is 358 g/mol. The summed E-state index contributed by atoms with van der Waals surface area (Å²) in [7, 11) is 0. The highest BCUT2D eigenvalue weighted by Crippen LogP contribution is 2.76. The zero-order valence-corrected chi connectivity index (χ0v) is 15.7. The molecule has 142 valence electrons. The first kappa shape index (κ1) is 17.7. The lowest BCUT2D eigenvalue weighted by molar-refractivity contribution is -0.262. The predicted molar refractivity (Wildman–Crippen MR) is 87.5 cm³/mol. The number of carbonyl (C=O) groups excluding carboxylic acids is 1. The smallest absolute Gasteiger partial charge is 0.405 e. The molecule has 0 N–H and O–H groups in total. The Bertz CT molecular complexity index is 593. The number of halogens is 3. The molecule has 4 fully saturated rings. The number of hydrogen-bond acceptors (Lipinski definition) is 2. The molecule has 0 amide bonds. The maximum Gasteiger partial charge on any atom is 0.405 e. The molecule has 4 bridgehead atoms. The molecule has 9 unspecified atom stereocenters. The van der Waals surface area contributed by atoms with E-state index in [4.69, 9.17) is 4.74 Å². The van der Waals surface area contributed by atoms with Crippen LogP contribution in [0.3, 0.4) is 0 Å². The van der Waals surface area contributed by atoms with Crippen LogP contribution in [0.5, 0.6) is 0 Å². The van der Waals surface area contributed by atoms with E-state index in [1.54, 1.807) is 20.8 Å². The quantitative estimate of drug-likeness (QED) is 0.483.